The molecule has 8 heteroatoms. The van der Waals surface area contributed by atoms with Crippen molar-refractivity contribution in [2.24, 2.45) is 0 Å². The number of ether oxygens (including phenoxy) is 2. The molecular formula is C15H5F3O5. The fourth-order valence-electron chi connectivity index (χ4n) is 2.02. The van der Waals surface area contributed by atoms with Crippen LogP contribution in [0.2, 0.25) is 0 Å². The molecule has 5 nitrogen and oxygen atoms in total. The second-order valence-corrected chi connectivity index (χ2v) is 4.45. The number of hydrogen-bond acceptors (Lipinski definition) is 5. The molecular weight excluding hydrogens is 317 g/mol. The van der Waals surface area contributed by atoms with E-state index in [1.807, 2.05) is 0 Å². The topological polar surface area (TPSA) is 69.7 Å². The van der Waals surface area contributed by atoms with Crippen molar-refractivity contribution in [2.75, 3.05) is 0 Å². The minimum atomic E-state index is -1.91. The normalized spacial score (nSPS) is 12.8. The van der Waals surface area contributed by atoms with Gasteiger partial charge in [0.1, 0.15) is 11.1 Å². The molecule has 0 amide bonds. The van der Waals surface area contributed by atoms with Crippen molar-refractivity contribution >= 4 is 17.9 Å². The molecule has 0 spiro atoms. The third-order valence-electron chi connectivity index (χ3n) is 3.08. The number of fused-ring (bicyclic) bond motifs is 1. The van der Waals surface area contributed by atoms with Crippen LogP contribution in [0.3, 0.4) is 0 Å². The summed E-state index contributed by atoms with van der Waals surface area (Å²) >= 11 is 0. The van der Waals surface area contributed by atoms with E-state index in [9.17, 15) is 27.6 Å². The summed E-state index contributed by atoms with van der Waals surface area (Å²) in [5.41, 5.74) is -2.32. The van der Waals surface area contributed by atoms with Crippen LogP contribution in [-0.2, 0) is 4.74 Å². The zero-order valence-electron chi connectivity index (χ0n) is 11.1. The highest BCUT2D eigenvalue weighted by molar-refractivity contribution is 6.15. The van der Waals surface area contributed by atoms with E-state index in [1.165, 1.54) is 24.3 Å². The van der Waals surface area contributed by atoms with Gasteiger partial charge in [-0.05, 0) is 12.1 Å². The number of rotatable bonds is 2. The van der Waals surface area contributed by atoms with Gasteiger partial charge in [0, 0.05) is 0 Å². The number of benzene rings is 2. The van der Waals surface area contributed by atoms with Crippen LogP contribution < -0.4 is 4.74 Å². The Labute approximate surface area is 126 Å². The Hall–Kier alpha value is -3.16. The van der Waals surface area contributed by atoms with E-state index in [0.717, 1.165) is 0 Å². The van der Waals surface area contributed by atoms with Gasteiger partial charge in [-0.2, -0.15) is 4.39 Å². The predicted molar refractivity (Wildman–Crippen MR) is 67.5 cm³/mol. The van der Waals surface area contributed by atoms with Gasteiger partial charge >= 0.3 is 17.9 Å². The van der Waals surface area contributed by atoms with Gasteiger partial charge in [0.15, 0.2) is 11.6 Å². The van der Waals surface area contributed by atoms with Gasteiger partial charge in [0.2, 0.25) is 11.6 Å². The molecule has 0 atom stereocenters. The molecule has 0 radical (unpaired) electrons. The zero-order chi connectivity index (χ0) is 16.7. The summed E-state index contributed by atoms with van der Waals surface area (Å²) in [5.74, 6) is -11.0. The molecule has 1 aliphatic rings. The Morgan fingerprint density at radius 2 is 1.43 bits per heavy atom. The Morgan fingerprint density at radius 1 is 0.870 bits per heavy atom. The first-order chi connectivity index (χ1) is 10.9. The molecule has 0 unspecified atom stereocenters. The highest BCUT2D eigenvalue weighted by Crippen LogP contribution is 2.35. The van der Waals surface area contributed by atoms with Gasteiger partial charge < -0.3 is 9.47 Å². The van der Waals surface area contributed by atoms with Crippen molar-refractivity contribution in [1.82, 2.24) is 0 Å². The number of cyclic esters (lactones) is 2. The van der Waals surface area contributed by atoms with Crippen LogP contribution in [0.5, 0.6) is 5.75 Å². The minimum absolute atomic E-state index is 0.0501. The quantitative estimate of drug-likeness (QED) is 0.368. The van der Waals surface area contributed by atoms with Crippen molar-refractivity contribution in [3.8, 4) is 5.75 Å². The van der Waals surface area contributed by atoms with Gasteiger partial charge in [-0.3, -0.25) is 0 Å². The molecule has 23 heavy (non-hydrogen) atoms. The average molecular weight is 322 g/mol. The molecule has 1 aliphatic heterocycles. The summed E-state index contributed by atoms with van der Waals surface area (Å²) in [7, 11) is 0. The van der Waals surface area contributed by atoms with Gasteiger partial charge in [-0.15, -0.1) is 0 Å². The van der Waals surface area contributed by atoms with Crippen LogP contribution in [0.4, 0.5) is 13.2 Å². The van der Waals surface area contributed by atoms with Gasteiger partial charge in [0.25, 0.3) is 0 Å². The Kier molecular flexibility index (Phi) is 3.36. The lowest BCUT2D eigenvalue weighted by molar-refractivity contribution is 0.0439. The molecule has 1 heterocycles. The van der Waals surface area contributed by atoms with E-state index >= 15 is 0 Å². The van der Waals surface area contributed by atoms with Gasteiger partial charge in [0.05, 0.1) is 5.56 Å². The first kappa shape index (κ1) is 14.8. The van der Waals surface area contributed by atoms with E-state index in [2.05, 4.69) is 9.47 Å². The SMILES string of the molecule is O=C(Oc1c(F)c(F)c2c(c1F)C(=O)OC2=O)c1ccccc1. The van der Waals surface area contributed by atoms with Crippen LogP contribution in [0.25, 0.3) is 0 Å². The number of esters is 3. The molecule has 0 aromatic heterocycles. The smallest absolute Gasteiger partial charge is 0.350 e. The lowest BCUT2D eigenvalue weighted by Gasteiger charge is -2.09. The van der Waals surface area contributed by atoms with E-state index in [-0.39, 0.29) is 5.56 Å². The van der Waals surface area contributed by atoms with Gasteiger partial charge in [-0.25, -0.2) is 23.2 Å². The third-order valence-corrected chi connectivity index (χ3v) is 3.08. The summed E-state index contributed by atoms with van der Waals surface area (Å²) in [6.45, 7) is 0. The predicted octanol–water partition coefficient (Wildman–Crippen LogP) is 2.63. The Bertz CT molecular complexity index is 861. The monoisotopic (exact) mass is 322 g/mol. The number of halogens is 3. The van der Waals surface area contributed by atoms with E-state index < -0.39 is 52.2 Å². The standard InChI is InChI=1S/C15H5F3O5/c16-9-7-8(15(21)23-14(7)20)10(17)12(11(9)18)22-13(19)6-4-2-1-3-5-6/h1-5H. The van der Waals surface area contributed by atoms with Crippen LogP contribution in [0, 0.1) is 17.5 Å². The fraction of sp³-hybridized carbons (Fsp3) is 0. The summed E-state index contributed by atoms with van der Waals surface area (Å²) in [6.07, 6.45) is 0. The molecule has 2 aromatic rings. The first-order valence-corrected chi connectivity index (χ1v) is 6.16. The summed E-state index contributed by atoms with van der Waals surface area (Å²) < 4.78 is 50.4. The van der Waals surface area contributed by atoms with Crippen LogP contribution in [-0.4, -0.2) is 17.9 Å². The highest BCUT2D eigenvalue weighted by atomic mass is 19.2. The van der Waals surface area contributed by atoms with E-state index in [4.69, 9.17) is 0 Å². The summed E-state index contributed by atoms with van der Waals surface area (Å²) in [4.78, 5) is 34.4. The first-order valence-electron chi connectivity index (χ1n) is 6.16. The molecule has 0 fully saturated rings. The van der Waals surface area contributed by atoms with Crippen LogP contribution >= 0.6 is 0 Å². The molecule has 2 aromatic carbocycles. The van der Waals surface area contributed by atoms with Crippen molar-refractivity contribution in [2.45, 2.75) is 0 Å². The molecule has 0 saturated heterocycles. The highest BCUT2D eigenvalue weighted by Gasteiger charge is 2.41. The number of carbonyl (C=O) groups excluding carboxylic acids is 3. The maximum atomic E-state index is 14.2. The maximum absolute atomic E-state index is 14.2. The van der Waals surface area contributed by atoms with Crippen LogP contribution in [0.1, 0.15) is 31.1 Å². The minimum Gasteiger partial charge on any atom is -0.416 e. The molecule has 3 rings (SSSR count). The second kappa shape index (κ2) is 5.24. The molecule has 0 aliphatic carbocycles. The summed E-state index contributed by atoms with van der Waals surface area (Å²) in [5, 5.41) is 0. The van der Waals surface area contributed by atoms with Crippen molar-refractivity contribution < 1.29 is 37.0 Å². The van der Waals surface area contributed by atoms with Crippen molar-refractivity contribution in [3.05, 3.63) is 64.5 Å². The fourth-order valence-corrected chi connectivity index (χ4v) is 2.02. The average Bonchev–Trinajstić information content (AvgIpc) is 2.84. The molecule has 0 saturated carbocycles. The number of hydrogen-bond donors (Lipinski definition) is 0. The molecule has 116 valence electrons. The third kappa shape index (κ3) is 2.24. The van der Waals surface area contributed by atoms with E-state index in [1.54, 1.807) is 6.07 Å². The molecule has 0 bridgehead atoms. The zero-order valence-corrected chi connectivity index (χ0v) is 11.1. The molecule has 0 N–H and O–H groups in total. The maximum Gasteiger partial charge on any atom is 0.350 e. The largest absolute Gasteiger partial charge is 0.416 e. The lowest BCUT2D eigenvalue weighted by Crippen LogP contribution is -2.14. The summed E-state index contributed by atoms with van der Waals surface area (Å²) in [6, 6.07) is 7.15. The Morgan fingerprint density at radius 3 is 2.04 bits per heavy atom. The van der Waals surface area contributed by atoms with Crippen molar-refractivity contribution in [3.63, 3.8) is 0 Å². The number of carbonyl (C=O) groups is 3. The lowest BCUT2D eigenvalue weighted by atomic mass is 10.1. The van der Waals surface area contributed by atoms with E-state index in [0.29, 0.717) is 0 Å². The van der Waals surface area contributed by atoms with Crippen molar-refractivity contribution in [1.29, 1.82) is 0 Å². The van der Waals surface area contributed by atoms with Gasteiger partial charge in [-0.1, -0.05) is 18.2 Å². The Balaban J connectivity index is 2.10. The second-order valence-electron chi connectivity index (χ2n) is 4.45. The van der Waals surface area contributed by atoms with Crippen LogP contribution in [0.15, 0.2) is 30.3 Å².